The Morgan fingerprint density at radius 2 is 1.79 bits per heavy atom. The summed E-state index contributed by atoms with van der Waals surface area (Å²) in [6.07, 6.45) is 5.40. The summed E-state index contributed by atoms with van der Waals surface area (Å²) in [4.78, 5) is 19.1. The Kier molecular flexibility index (Phi) is 7.00. The number of hydrogen-bond acceptors (Lipinski definition) is 5. The number of aromatic nitrogens is 1. The van der Waals surface area contributed by atoms with E-state index in [9.17, 15) is 13.2 Å². The van der Waals surface area contributed by atoms with Crippen molar-refractivity contribution in [1.29, 1.82) is 0 Å². The van der Waals surface area contributed by atoms with Gasteiger partial charge in [-0.15, -0.1) is 0 Å². The van der Waals surface area contributed by atoms with Gasteiger partial charge in [0.1, 0.15) is 5.82 Å². The lowest BCUT2D eigenvalue weighted by Crippen LogP contribution is -2.33. The smallest absolute Gasteiger partial charge is 0.240 e. The Hall–Kier alpha value is -2.45. The van der Waals surface area contributed by atoms with E-state index in [4.69, 9.17) is 0 Å². The number of anilines is 1. The maximum absolute atomic E-state index is 12.2. The number of sulfonamides is 1. The molecule has 150 valence electrons. The molecule has 1 aromatic carbocycles. The van der Waals surface area contributed by atoms with E-state index in [1.54, 1.807) is 24.4 Å². The van der Waals surface area contributed by atoms with Crippen LogP contribution in [0.5, 0.6) is 0 Å². The molecule has 8 heteroatoms. The fraction of sp³-hybridized carbons (Fsp3) is 0.400. The molecule has 2 aromatic rings. The average Bonchev–Trinajstić information content (AvgIpc) is 2.73. The molecular formula is C20H26N4O3S. The summed E-state index contributed by atoms with van der Waals surface area (Å²) in [6.45, 7) is 2.40. The summed E-state index contributed by atoms with van der Waals surface area (Å²) in [5.41, 5.74) is 0.975. The minimum atomic E-state index is -3.59. The molecule has 0 saturated carbocycles. The van der Waals surface area contributed by atoms with Crippen molar-refractivity contribution in [1.82, 2.24) is 15.0 Å². The summed E-state index contributed by atoms with van der Waals surface area (Å²) in [6, 6.07) is 11.9. The van der Waals surface area contributed by atoms with Gasteiger partial charge in [0.05, 0.1) is 4.90 Å². The van der Waals surface area contributed by atoms with Gasteiger partial charge in [-0.1, -0.05) is 24.3 Å². The first-order valence-electron chi connectivity index (χ1n) is 9.56. The predicted octanol–water partition coefficient (Wildman–Crippen LogP) is 2.06. The van der Waals surface area contributed by atoms with E-state index in [-0.39, 0.29) is 23.8 Å². The number of rotatable bonds is 8. The first-order chi connectivity index (χ1) is 13.6. The van der Waals surface area contributed by atoms with Gasteiger partial charge < -0.3 is 10.2 Å². The molecule has 1 amide bonds. The number of pyridine rings is 1. The van der Waals surface area contributed by atoms with Crippen LogP contribution in [0.1, 0.15) is 31.2 Å². The van der Waals surface area contributed by atoms with Gasteiger partial charge in [-0.3, -0.25) is 4.79 Å². The van der Waals surface area contributed by atoms with Crippen LogP contribution >= 0.6 is 0 Å². The molecule has 0 radical (unpaired) electrons. The standard InChI is InChI=1S/C20H26N4O3S/c25-19(11-13-23-28(26,27)18-9-3-1-4-10-18)22-16-17-8-7-12-21-20(17)24-14-5-2-6-15-24/h1,3-4,7-10,12,23H,2,5-6,11,13-16H2,(H,22,25). The highest BCUT2D eigenvalue weighted by Gasteiger charge is 2.16. The molecule has 2 N–H and O–H groups in total. The van der Waals surface area contributed by atoms with Crippen LogP contribution in [-0.4, -0.2) is 38.9 Å². The van der Waals surface area contributed by atoms with Crippen LogP contribution in [0.4, 0.5) is 5.82 Å². The van der Waals surface area contributed by atoms with Gasteiger partial charge in [0.2, 0.25) is 15.9 Å². The Balaban J connectivity index is 1.49. The van der Waals surface area contributed by atoms with Crippen molar-refractivity contribution in [3.63, 3.8) is 0 Å². The van der Waals surface area contributed by atoms with Crippen LogP contribution in [0.15, 0.2) is 53.6 Å². The Morgan fingerprint density at radius 1 is 1.04 bits per heavy atom. The van der Waals surface area contributed by atoms with E-state index < -0.39 is 10.0 Å². The van der Waals surface area contributed by atoms with E-state index in [1.807, 2.05) is 12.1 Å². The normalized spacial score (nSPS) is 14.6. The van der Waals surface area contributed by atoms with Gasteiger partial charge in [0.25, 0.3) is 0 Å². The summed E-state index contributed by atoms with van der Waals surface area (Å²) in [5, 5.41) is 2.86. The maximum atomic E-state index is 12.2. The third kappa shape index (κ3) is 5.53. The monoisotopic (exact) mass is 402 g/mol. The van der Waals surface area contributed by atoms with E-state index in [1.165, 1.54) is 18.6 Å². The number of nitrogens with zero attached hydrogens (tertiary/aromatic N) is 2. The van der Waals surface area contributed by atoms with Gasteiger partial charge in [-0.05, 0) is 37.5 Å². The number of nitrogens with one attached hydrogen (secondary N) is 2. The summed E-state index contributed by atoms with van der Waals surface area (Å²) < 4.78 is 26.8. The van der Waals surface area contributed by atoms with Crippen LogP contribution in [0.3, 0.4) is 0 Å². The molecule has 0 atom stereocenters. The molecule has 7 nitrogen and oxygen atoms in total. The fourth-order valence-electron chi connectivity index (χ4n) is 3.22. The molecule has 3 rings (SSSR count). The van der Waals surface area contributed by atoms with Crippen molar-refractivity contribution in [2.24, 2.45) is 0 Å². The zero-order valence-corrected chi connectivity index (χ0v) is 16.6. The Bertz CT molecular complexity index is 881. The molecular weight excluding hydrogens is 376 g/mol. The average molecular weight is 403 g/mol. The van der Waals surface area contributed by atoms with Crippen molar-refractivity contribution in [2.45, 2.75) is 37.1 Å². The van der Waals surface area contributed by atoms with Crippen molar-refractivity contribution < 1.29 is 13.2 Å². The highest BCUT2D eigenvalue weighted by atomic mass is 32.2. The number of benzene rings is 1. The van der Waals surface area contributed by atoms with E-state index in [0.29, 0.717) is 6.54 Å². The number of carbonyl (C=O) groups excluding carboxylic acids is 1. The highest BCUT2D eigenvalue weighted by molar-refractivity contribution is 7.89. The van der Waals surface area contributed by atoms with Crippen molar-refractivity contribution in [3.8, 4) is 0 Å². The second kappa shape index (κ2) is 9.66. The third-order valence-electron chi connectivity index (χ3n) is 4.70. The molecule has 1 aromatic heterocycles. The predicted molar refractivity (Wildman–Crippen MR) is 108 cm³/mol. The minimum absolute atomic E-state index is 0.0507. The maximum Gasteiger partial charge on any atom is 0.240 e. The number of piperidine rings is 1. The molecule has 0 spiro atoms. The lowest BCUT2D eigenvalue weighted by atomic mass is 10.1. The summed E-state index contributed by atoms with van der Waals surface area (Å²) in [7, 11) is -3.59. The van der Waals surface area contributed by atoms with Crippen LogP contribution in [0, 0.1) is 0 Å². The van der Waals surface area contributed by atoms with Gasteiger partial charge in [-0.2, -0.15) is 0 Å². The van der Waals surface area contributed by atoms with E-state index in [2.05, 4.69) is 19.9 Å². The van der Waals surface area contributed by atoms with Crippen molar-refractivity contribution in [3.05, 3.63) is 54.2 Å². The van der Waals surface area contributed by atoms with Crippen molar-refractivity contribution in [2.75, 3.05) is 24.5 Å². The topological polar surface area (TPSA) is 91.4 Å². The number of carbonyl (C=O) groups is 1. The molecule has 0 aliphatic carbocycles. The molecule has 0 unspecified atom stereocenters. The molecule has 1 saturated heterocycles. The van der Waals surface area contributed by atoms with Crippen molar-refractivity contribution >= 4 is 21.7 Å². The van der Waals surface area contributed by atoms with Gasteiger partial charge >= 0.3 is 0 Å². The first kappa shape index (κ1) is 20.3. The first-order valence-corrected chi connectivity index (χ1v) is 11.0. The summed E-state index contributed by atoms with van der Waals surface area (Å²) >= 11 is 0. The Morgan fingerprint density at radius 3 is 2.54 bits per heavy atom. The van der Waals surface area contributed by atoms with Crippen LogP contribution < -0.4 is 14.9 Å². The second-order valence-electron chi connectivity index (χ2n) is 6.77. The van der Waals surface area contributed by atoms with Crippen LogP contribution in [-0.2, 0) is 21.4 Å². The lowest BCUT2D eigenvalue weighted by Gasteiger charge is -2.29. The molecule has 1 fully saturated rings. The highest BCUT2D eigenvalue weighted by Crippen LogP contribution is 2.21. The molecule has 0 bridgehead atoms. The second-order valence-corrected chi connectivity index (χ2v) is 8.54. The number of hydrogen-bond donors (Lipinski definition) is 2. The zero-order valence-electron chi connectivity index (χ0n) is 15.8. The van der Waals surface area contributed by atoms with Gasteiger partial charge in [0, 0.05) is 44.4 Å². The van der Waals surface area contributed by atoms with Gasteiger partial charge in [0.15, 0.2) is 0 Å². The lowest BCUT2D eigenvalue weighted by molar-refractivity contribution is -0.121. The molecule has 1 aliphatic rings. The summed E-state index contributed by atoms with van der Waals surface area (Å²) in [5.74, 6) is 0.719. The number of amides is 1. The quantitative estimate of drug-likeness (QED) is 0.705. The van der Waals surface area contributed by atoms with E-state index >= 15 is 0 Å². The molecule has 2 heterocycles. The van der Waals surface area contributed by atoms with Gasteiger partial charge in [-0.25, -0.2) is 18.1 Å². The SMILES string of the molecule is O=C(CCNS(=O)(=O)c1ccccc1)NCc1cccnc1N1CCCCC1. The third-order valence-corrected chi connectivity index (χ3v) is 6.17. The largest absolute Gasteiger partial charge is 0.356 e. The van der Waals surface area contributed by atoms with Crippen LogP contribution in [0.25, 0.3) is 0 Å². The zero-order chi connectivity index (χ0) is 19.8. The molecule has 28 heavy (non-hydrogen) atoms. The fourth-order valence-corrected chi connectivity index (χ4v) is 4.28. The Labute approximate surface area is 166 Å². The van der Waals surface area contributed by atoms with Crippen LogP contribution in [0.2, 0.25) is 0 Å². The minimum Gasteiger partial charge on any atom is -0.356 e. The molecule has 1 aliphatic heterocycles. The van der Waals surface area contributed by atoms with E-state index in [0.717, 1.165) is 37.3 Å².